The largest absolute Gasteiger partial charge is 0.495 e. The molecule has 2 heterocycles. The van der Waals surface area contributed by atoms with E-state index in [1.165, 1.54) is 17.5 Å². The fourth-order valence-corrected chi connectivity index (χ4v) is 5.95. The number of piperazine rings is 1. The van der Waals surface area contributed by atoms with Crippen molar-refractivity contribution in [3.8, 4) is 5.75 Å². The van der Waals surface area contributed by atoms with Crippen LogP contribution in [-0.4, -0.2) is 83.1 Å². The highest BCUT2D eigenvalue weighted by atomic mass is 35.5. The van der Waals surface area contributed by atoms with E-state index in [4.69, 9.17) is 21.1 Å². The average Bonchev–Trinajstić information content (AvgIpc) is 2.85. The van der Waals surface area contributed by atoms with Gasteiger partial charge in [-0.1, -0.05) is 17.7 Å². The Morgan fingerprint density at radius 3 is 2.36 bits per heavy atom. The van der Waals surface area contributed by atoms with Gasteiger partial charge in [0.15, 0.2) is 0 Å². The van der Waals surface area contributed by atoms with Crippen molar-refractivity contribution in [1.29, 1.82) is 0 Å². The van der Waals surface area contributed by atoms with E-state index in [0.717, 1.165) is 11.3 Å². The van der Waals surface area contributed by atoms with Crippen LogP contribution in [0.3, 0.4) is 0 Å². The van der Waals surface area contributed by atoms with Crippen LogP contribution in [-0.2, 0) is 14.8 Å². The third kappa shape index (κ3) is 4.96. The zero-order chi connectivity index (χ0) is 23.6. The number of anilines is 1. The number of benzene rings is 2. The number of amides is 1. The van der Waals surface area contributed by atoms with Crippen molar-refractivity contribution in [3.05, 3.63) is 52.5 Å². The van der Waals surface area contributed by atoms with Crippen LogP contribution < -0.4 is 9.64 Å². The molecule has 8 nitrogen and oxygen atoms in total. The lowest BCUT2D eigenvalue weighted by molar-refractivity contribution is 0.0728. The molecular weight excluding hydrogens is 466 g/mol. The summed E-state index contributed by atoms with van der Waals surface area (Å²) in [6, 6.07) is 10.4. The van der Waals surface area contributed by atoms with Crippen molar-refractivity contribution in [3.63, 3.8) is 0 Å². The van der Waals surface area contributed by atoms with E-state index in [1.807, 2.05) is 25.1 Å². The van der Waals surface area contributed by atoms with Crippen LogP contribution in [0.25, 0.3) is 0 Å². The third-order valence-corrected chi connectivity index (χ3v) is 8.23. The topological polar surface area (TPSA) is 79.4 Å². The first-order chi connectivity index (χ1) is 15.8. The Morgan fingerprint density at radius 2 is 1.70 bits per heavy atom. The minimum Gasteiger partial charge on any atom is -0.495 e. The number of sulfonamides is 1. The van der Waals surface area contributed by atoms with Gasteiger partial charge in [-0.05, 0) is 42.8 Å². The normalized spacial score (nSPS) is 17.8. The van der Waals surface area contributed by atoms with Gasteiger partial charge in [-0.25, -0.2) is 8.42 Å². The van der Waals surface area contributed by atoms with Crippen LogP contribution in [0, 0.1) is 6.92 Å². The fourth-order valence-electron chi connectivity index (χ4n) is 4.19. The monoisotopic (exact) mass is 493 g/mol. The van der Waals surface area contributed by atoms with E-state index in [9.17, 15) is 13.2 Å². The maximum absolute atomic E-state index is 13.2. The van der Waals surface area contributed by atoms with Gasteiger partial charge in [0.1, 0.15) is 10.6 Å². The first kappa shape index (κ1) is 23.8. The molecule has 0 aromatic heterocycles. The number of carbonyl (C=O) groups excluding carboxylic acids is 1. The first-order valence-electron chi connectivity index (χ1n) is 10.9. The molecule has 0 saturated carbocycles. The number of rotatable bonds is 5. The van der Waals surface area contributed by atoms with E-state index in [-0.39, 0.29) is 29.6 Å². The number of hydrogen-bond acceptors (Lipinski definition) is 6. The number of carbonyl (C=O) groups is 1. The molecule has 2 saturated heterocycles. The molecule has 0 atom stereocenters. The zero-order valence-corrected chi connectivity index (χ0v) is 20.4. The lowest BCUT2D eigenvalue weighted by Gasteiger charge is -2.37. The molecule has 4 rings (SSSR count). The molecule has 0 spiro atoms. The molecule has 2 aliphatic rings. The van der Waals surface area contributed by atoms with Gasteiger partial charge < -0.3 is 19.3 Å². The number of morpholine rings is 1. The highest BCUT2D eigenvalue weighted by Crippen LogP contribution is 2.30. The van der Waals surface area contributed by atoms with Crippen LogP contribution in [0.5, 0.6) is 5.75 Å². The number of ether oxygens (including phenoxy) is 2. The molecule has 33 heavy (non-hydrogen) atoms. The Kier molecular flexibility index (Phi) is 7.13. The molecule has 2 fully saturated rings. The minimum absolute atomic E-state index is 0.00550. The van der Waals surface area contributed by atoms with Crippen molar-refractivity contribution in [2.45, 2.75) is 11.8 Å². The number of methoxy groups -OCH3 is 1. The van der Waals surface area contributed by atoms with Gasteiger partial charge in [-0.15, -0.1) is 0 Å². The lowest BCUT2D eigenvalue weighted by Crippen LogP contribution is -2.49. The molecule has 0 aliphatic carbocycles. The molecule has 178 valence electrons. The van der Waals surface area contributed by atoms with Crippen LogP contribution in [0.2, 0.25) is 5.02 Å². The number of nitrogens with zero attached hydrogens (tertiary/aromatic N) is 3. The zero-order valence-electron chi connectivity index (χ0n) is 18.8. The number of halogens is 1. The summed E-state index contributed by atoms with van der Waals surface area (Å²) in [4.78, 5) is 17.2. The predicted octanol–water partition coefficient (Wildman–Crippen LogP) is 2.64. The summed E-state index contributed by atoms with van der Waals surface area (Å²) in [7, 11) is -2.39. The van der Waals surface area contributed by atoms with Gasteiger partial charge in [0.25, 0.3) is 5.91 Å². The van der Waals surface area contributed by atoms with Crippen molar-refractivity contribution in [1.82, 2.24) is 9.21 Å². The molecule has 2 aromatic carbocycles. The molecule has 0 N–H and O–H groups in total. The number of hydrogen-bond donors (Lipinski definition) is 0. The maximum atomic E-state index is 13.2. The third-order valence-electron chi connectivity index (χ3n) is 6.08. The Bertz CT molecular complexity index is 1130. The Balaban J connectivity index is 1.52. The van der Waals surface area contributed by atoms with Gasteiger partial charge in [0, 0.05) is 55.5 Å². The second-order valence-electron chi connectivity index (χ2n) is 8.09. The molecule has 2 aromatic rings. The van der Waals surface area contributed by atoms with E-state index >= 15 is 0 Å². The quantitative estimate of drug-likeness (QED) is 0.637. The second-order valence-corrected chi connectivity index (χ2v) is 10.4. The first-order valence-corrected chi connectivity index (χ1v) is 12.7. The predicted molar refractivity (Wildman–Crippen MR) is 127 cm³/mol. The molecule has 2 aliphatic heterocycles. The van der Waals surface area contributed by atoms with Crippen LogP contribution in [0.1, 0.15) is 15.9 Å². The summed E-state index contributed by atoms with van der Waals surface area (Å²) in [5.74, 6) is 0.0258. The van der Waals surface area contributed by atoms with Crippen LogP contribution >= 0.6 is 11.6 Å². The molecule has 0 bridgehead atoms. The van der Waals surface area contributed by atoms with Gasteiger partial charge in [-0.3, -0.25) is 4.79 Å². The van der Waals surface area contributed by atoms with Gasteiger partial charge in [-0.2, -0.15) is 4.31 Å². The van der Waals surface area contributed by atoms with Gasteiger partial charge >= 0.3 is 0 Å². The SMILES string of the molecule is COc1ccc(C(=O)N2CCN(c3cc(Cl)ccc3C)CC2)cc1S(=O)(=O)N1CCOCC1. The maximum Gasteiger partial charge on any atom is 0.254 e. The van der Waals surface area contributed by atoms with Crippen LogP contribution in [0.4, 0.5) is 5.69 Å². The molecule has 0 unspecified atom stereocenters. The molecule has 10 heteroatoms. The highest BCUT2D eigenvalue weighted by molar-refractivity contribution is 7.89. The summed E-state index contributed by atoms with van der Waals surface area (Å²) in [5, 5.41) is 0.682. The Hall–Kier alpha value is -2.33. The van der Waals surface area contributed by atoms with Crippen molar-refractivity contribution in [2.24, 2.45) is 0 Å². The van der Waals surface area contributed by atoms with E-state index in [1.54, 1.807) is 17.0 Å². The summed E-state index contributed by atoms with van der Waals surface area (Å²) in [6.45, 7) is 5.67. The van der Waals surface area contributed by atoms with E-state index < -0.39 is 10.0 Å². The van der Waals surface area contributed by atoms with Crippen molar-refractivity contribution < 1.29 is 22.7 Å². The fraction of sp³-hybridized carbons (Fsp3) is 0.435. The Morgan fingerprint density at radius 1 is 1.00 bits per heavy atom. The summed E-state index contributed by atoms with van der Waals surface area (Å²) in [5.41, 5.74) is 2.53. The average molecular weight is 494 g/mol. The minimum atomic E-state index is -3.81. The standard InChI is InChI=1S/C23H28ClN3O5S/c1-17-3-5-19(24)16-20(17)25-7-9-26(10-8-25)23(28)18-4-6-21(31-2)22(15-18)33(29,30)27-11-13-32-14-12-27/h3-6,15-16H,7-14H2,1-2H3. The summed E-state index contributed by atoms with van der Waals surface area (Å²) in [6.07, 6.45) is 0. The van der Waals surface area contributed by atoms with E-state index in [2.05, 4.69) is 4.90 Å². The number of aryl methyl sites for hydroxylation is 1. The lowest BCUT2D eigenvalue weighted by atomic mass is 10.1. The van der Waals surface area contributed by atoms with Crippen LogP contribution in [0.15, 0.2) is 41.3 Å². The Labute approximate surface area is 199 Å². The summed E-state index contributed by atoms with van der Waals surface area (Å²) >= 11 is 6.17. The molecule has 1 amide bonds. The van der Waals surface area contributed by atoms with Gasteiger partial charge in [0.05, 0.1) is 20.3 Å². The highest BCUT2D eigenvalue weighted by Gasteiger charge is 2.31. The summed E-state index contributed by atoms with van der Waals surface area (Å²) < 4.78 is 38.4. The van der Waals surface area contributed by atoms with Gasteiger partial charge in [0.2, 0.25) is 10.0 Å². The van der Waals surface area contributed by atoms with Crippen molar-refractivity contribution in [2.75, 3.05) is 64.5 Å². The van der Waals surface area contributed by atoms with E-state index in [0.29, 0.717) is 50.0 Å². The smallest absolute Gasteiger partial charge is 0.254 e. The second kappa shape index (κ2) is 9.89. The molecular formula is C23H28ClN3O5S. The molecule has 0 radical (unpaired) electrons. The van der Waals surface area contributed by atoms with Crippen molar-refractivity contribution >= 4 is 33.2 Å².